The number of hydrogen-bond acceptors (Lipinski definition) is 4. The van der Waals surface area contributed by atoms with Crippen LogP contribution in [0.4, 0.5) is 0 Å². The van der Waals surface area contributed by atoms with Crippen molar-refractivity contribution in [2.75, 3.05) is 13.7 Å². The van der Waals surface area contributed by atoms with Gasteiger partial charge in [-0.2, -0.15) is 0 Å². The van der Waals surface area contributed by atoms with Crippen LogP contribution in [0.25, 0.3) is 0 Å². The van der Waals surface area contributed by atoms with Crippen LogP contribution in [0.5, 0.6) is 0 Å². The molecule has 3 atom stereocenters. The summed E-state index contributed by atoms with van der Waals surface area (Å²) >= 11 is 0. The zero-order valence-electron chi connectivity index (χ0n) is 10.5. The lowest BCUT2D eigenvalue weighted by molar-refractivity contribution is -0.298. The quantitative estimate of drug-likeness (QED) is 0.820. The van der Waals surface area contributed by atoms with E-state index in [-0.39, 0.29) is 12.4 Å². The summed E-state index contributed by atoms with van der Waals surface area (Å²) in [7, 11) is 1.69. The van der Waals surface area contributed by atoms with Crippen LogP contribution in [-0.4, -0.2) is 31.9 Å². The summed E-state index contributed by atoms with van der Waals surface area (Å²) in [4.78, 5) is 0. The van der Waals surface area contributed by atoms with E-state index in [1.165, 1.54) is 0 Å². The molecule has 0 saturated carbocycles. The predicted molar refractivity (Wildman–Crippen MR) is 64.8 cm³/mol. The van der Waals surface area contributed by atoms with Gasteiger partial charge in [0, 0.05) is 13.5 Å². The molecule has 98 valence electrons. The average Bonchev–Trinajstić information content (AvgIpc) is 2.77. The van der Waals surface area contributed by atoms with E-state index in [9.17, 15) is 0 Å². The van der Waals surface area contributed by atoms with Crippen molar-refractivity contribution in [1.29, 1.82) is 0 Å². The third-order valence-corrected chi connectivity index (χ3v) is 3.57. The minimum absolute atomic E-state index is 0.0556. The van der Waals surface area contributed by atoms with Crippen LogP contribution in [0.3, 0.4) is 0 Å². The van der Waals surface area contributed by atoms with Gasteiger partial charge in [-0.25, -0.2) is 0 Å². The fourth-order valence-corrected chi connectivity index (χ4v) is 2.56. The van der Waals surface area contributed by atoms with Crippen molar-refractivity contribution in [1.82, 2.24) is 0 Å². The molecule has 0 radical (unpaired) electrons. The highest BCUT2D eigenvalue weighted by Gasteiger charge is 2.52. The Morgan fingerprint density at radius 2 is 2.11 bits per heavy atom. The maximum Gasteiger partial charge on any atom is 0.221 e. The molecule has 0 N–H and O–H groups in total. The Hall–Kier alpha value is -0.940. The highest BCUT2D eigenvalue weighted by atomic mass is 16.8. The van der Waals surface area contributed by atoms with Crippen LogP contribution in [-0.2, 0) is 25.6 Å². The second kappa shape index (κ2) is 4.97. The largest absolute Gasteiger partial charge is 0.376 e. The SMILES string of the molecule is COC1CCC2OCC1(OCc1ccccc1)O2. The first-order valence-corrected chi connectivity index (χ1v) is 6.32. The van der Waals surface area contributed by atoms with Crippen molar-refractivity contribution in [3.8, 4) is 0 Å². The summed E-state index contributed by atoms with van der Waals surface area (Å²) in [5.74, 6) is -0.729. The van der Waals surface area contributed by atoms with Crippen LogP contribution in [0.2, 0.25) is 0 Å². The fraction of sp³-hybridized carbons (Fsp3) is 0.571. The third-order valence-electron chi connectivity index (χ3n) is 3.57. The minimum atomic E-state index is -0.729. The predicted octanol–water partition coefficient (Wildman–Crippen LogP) is 2.08. The molecule has 3 unspecified atom stereocenters. The Bertz CT molecular complexity index is 394. The van der Waals surface area contributed by atoms with Crippen molar-refractivity contribution in [2.24, 2.45) is 0 Å². The van der Waals surface area contributed by atoms with Gasteiger partial charge in [-0.1, -0.05) is 30.3 Å². The summed E-state index contributed by atoms with van der Waals surface area (Å²) in [5.41, 5.74) is 1.12. The molecule has 0 aromatic heterocycles. The summed E-state index contributed by atoms with van der Waals surface area (Å²) in [6.07, 6.45) is 1.59. The summed E-state index contributed by atoms with van der Waals surface area (Å²) in [6.45, 7) is 0.958. The monoisotopic (exact) mass is 250 g/mol. The first-order chi connectivity index (χ1) is 8.82. The highest BCUT2D eigenvalue weighted by molar-refractivity contribution is 5.13. The Balaban J connectivity index is 1.69. The smallest absolute Gasteiger partial charge is 0.221 e. The second-order valence-corrected chi connectivity index (χ2v) is 4.75. The molecule has 1 aromatic carbocycles. The zero-order valence-corrected chi connectivity index (χ0v) is 10.5. The molecular weight excluding hydrogens is 232 g/mol. The molecule has 2 saturated heterocycles. The molecule has 0 amide bonds. The van der Waals surface area contributed by atoms with E-state index in [1.54, 1.807) is 7.11 Å². The highest BCUT2D eigenvalue weighted by Crippen LogP contribution is 2.39. The van der Waals surface area contributed by atoms with Crippen LogP contribution < -0.4 is 0 Å². The first-order valence-electron chi connectivity index (χ1n) is 6.32. The van der Waals surface area contributed by atoms with Crippen LogP contribution in [0.1, 0.15) is 18.4 Å². The first kappa shape index (κ1) is 12.1. The molecule has 1 aromatic rings. The van der Waals surface area contributed by atoms with Crippen LogP contribution in [0, 0.1) is 0 Å². The van der Waals surface area contributed by atoms with Crippen molar-refractivity contribution >= 4 is 0 Å². The number of methoxy groups -OCH3 is 1. The minimum Gasteiger partial charge on any atom is -0.376 e. The Labute approximate surface area is 107 Å². The standard InChI is InChI=1S/C14H18O4/c1-15-12-7-8-13-16-10-14(12,18-13)17-9-11-5-3-2-4-6-11/h2-6,12-13H,7-10H2,1H3. The van der Waals surface area contributed by atoms with Gasteiger partial charge in [0.05, 0.1) is 6.61 Å². The molecule has 2 fully saturated rings. The molecule has 2 aliphatic heterocycles. The maximum atomic E-state index is 5.98. The van der Waals surface area contributed by atoms with E-state index in [2.05, 4.69) is 0 Å². The van der Waals surface area contributed by atoms with E-state index in [4.69, 9.17) is 18.9 Å². The average molecular weight is 250 g/mol. The van der Waals surface area contributed by atoms with Gasteiger partial charge in [0.15, 0.2) is 6.29 Å². The summed E-state index contributed by atoms with van der Waals surface area (Å²) < 4.78 is 22.9. The van der Waals surface area contributed by atoms with E-state index in [0.29, 0.717) is 13.2 Å². The van der Waals surface area contributed by atoms with E-state index < -0.39 is 5.79 Å². The molecule has 3 rings (SSSR count). The Morgan fingerprint density at radius 1 is 1.28 bits per heavy atom. The Morgan fingerprint density at radius 3 is 2.89 bits per heavy atom. The maximum absolute atomic E-state index is 5.98. The number of ether oxygens (including phenoxy) is 4. The van der Waals surface area contributed by atoms with Crippen molar-refractivity contribution in [3.05, 3.63) is 35.9 Å². The normalized spacial score (nSPS) is 34.7. The van der Waals surface area contributed by atoms with Gasteiger partial charge in [0.1, 0.15) is 12.7 Å². The van der Waals surface area contributed by atoms with Gasteiger partial charge in [0.2, 0.25) is 5.79 Å². The molecule has 18 heavy (non-hydrogen) atoms. The fourth-order valence-electron chi connectivity index (χ4n) is 2.56. The van der Waals surface area contributed by atoms with E-state index >= 15 is 0 Å². The topological polar surface area (TPSA) is 36.9 Å². The van der Waals surface area contributed by atoms with E-state index in [1.807, 2.05) is 30.3 Å². The Kier molecular flexibility index (Phi) is 3.35. The number of hydrogen-bond donors (Lipinski definition) is 0. The van der Waals surface area contributed by atoms with Crippen molar-refractivity contribution < 1.29 is 18.9 Å². The van der Waals surface area contributed by atoms with Gasteiger partial charge in [-0.3, -0.25) is 0 Å². The molecule has 4 heteroatoms. The second-order valence-electron chi connectivity index (χ2n) is 4.75. The molecule has 2 heterocycles. The van der Waals surface area contributed by atoms with Gasteiger partial charge in [-0.05, 0) is 12.0 Å². The lowest BCUT2D eigenvalue weighted by Crippen LogP contribution is -2.50. The molecule has 0 spiro atoms. The molecule has 2 bridgehead atoms. The van der Waals surface area contributed by atoms with Gasteiger partial charge in [-0.15, -0.1) is 0 Å². The van der Waals surface area contributed by atoms with E-state index in [0.717, 1.165) is 18.4 Å². The molecule has 4 nitrogen and oxygen atoms in total. The molecular formula is C14H18O4. The molecule has 2 aliphatic rings. The van der Waals surface area contributed by atoms with Crippen LogP contribution >= 0.6 is 0 Å². The van der Waals surface area contributed by atoms with Crippen molar-refractivity contribution in [3.63, 3.8) is 0 Å². The zero-order chi connectivity index (χ0) is 12.4. The van der Waals surface area contributed by atoms with Crippen molar-refractivity contribution in [2.45, 2.75) is 37.6 Å². The third kappa shape index (κ3) is 2.17. The lowest BCUT2D eigenvalue weighted by Gasteiger charge is -2.37. The summed E-state index contributed by atoms with van der Waals surface area (Å²) in [5, 5.41) is 0. The van der Waals surface area contributed by atoms with Gasteiger partial charge < -0.3 is 18.9 Å². The van der Waals surface area contributed by atoms with Gasteiger partial charge in [0.25, 0.3) is 0 Å². The number of benzene rings is 1. The van der Waals surface area contributed by atoms with Crippen LogP contribution in [0.15, 0.2) is 30.3 Å². The summed E-state index contributed by atoms with van der Waals surface area (Å²) in [6, 6.07) is 10.1. The van der Waals surface area contributed by atoms with Gasteiger partial charge >= 0.3 is 0 Å². The lowest BCUT2D eigenvalue weighted by atomic mass is 10.0. The molecule has 0 aliphatic carbocycles. The number of fused-ring (bicyclic) bond motifs is 2. The number of rotatable bonds is 4.